The Balaban J connectivity index is 1.52. The van der Waals surface area contributed by atoms with Crippen molar-refractivity contribution < 1.29 is 28.5 Å². The summed E-state index contributed by atoms with van der Waals surface area (Å²) in [5.74, 6) is 2.24. The molecule has 6 rings (SSSR count). The maximum absolute atomic E-state index is 12.4. The molecule has 0 aromatic heterocycles. The van der Waals surface area contributed by atoms with E-state index in [1.54, 1.807) is 12.2 Å². The highest BCUT2D eigenvalue weighted by molar-refractivity contribution is 6.09. The first kappa shape index (κ1) is 39.6. The van der Waals surface area contributed by atoms with Crippen LogP contribution in [0.3, 0.4) is 0 Å². The highest BCUT2D eigenvalue weighted by Gasteiger charge is 2.24. The molecule has 0 aliphatic heterocycles. The molecule has 0 heterocycles. The Bertz CT molecular complexity index is 2250. The van der Waals surface area contributed by atoms with Crippen LogP contribution >= 0.6 is 0 Å². The van der Waals surface area contributed by atoms with Gasteiger partial charge in [0.25, 0.3) is 0 Å². The fourth-order valence-electron chi connectivity index (χ4n) is 6.89. The Morgan fingerprint density at radius 1 is 0.518 bits per heavy atom. The van der Waals surface area contributed by atoms with Crippen LogP contribution in [0.2, 0.25) is 0 Å². The van der Waals surface area contributed by atoms with Crippen LogP contribution in [0.15, 0.2) is 122 Å². The van der Waals surface area contributed by atoms with Gasteiger partial charge in [0, 0.05) is 22.3 Å². The summed E-state index contributed by atoms with van der Waals surface area (Å²) >= 11 is 0. The Hall–Kier alpha value is -6.14. The lowest BCUT2D eigenvalue weighted by Crippen LogP contribution is -2.14. The molecule has 6 heteroatoms. The highest BCUT2D eigenvalue weighted by atomic mass is 16.5. The van der Waals surface area contributed by atoms with Gasteiger partial charge in [-0.25, -0.2) is 0 Å². The van der Waals surface area contributed by atoms with Crippen LogP contribution in [-0.2, 0) is 24.0 Å². The second-order valence-electron chi connectivity index (χ2n) is 15.9. The molecule has 6 aromatic carbocycles. The molecule has 0 amide bonds. The number of fused-ring (bicyclic) bond motifs is 2. The number of aldehydes is 2. The van der Waals surface area contributed by atoms with Crippen LogP contribution in [0.4, 0.5) is 0 Å². The fraction of sp³-hybridized carbons (Fsp3) is 0.240. The third-order valence-corrected chi connectivity index (χ3v) is 9.86. The van der Waals surface area contributed by atoms with E-state index in [1.807, 2.05) is 48.5 Å². The highest BCUT2D eigenvalue weighted by Crippen LogP contribution is 2.46. The standard InChI is InChI=1S/C50H50O6/c1-9-23-53-47-35(29-51)25-39(49(3,4)5)27-37(47)31-55-43-21-19-33-15-11-13-17-41(33)45(43)46-42-18-14-12-16-34(42)20-22-44(46)56-32-38-28-40(50(6,7)8)26-36(30-52)48(38)54-24-10-2/h9-22,25-30H,1-2,23-24,31-32H2,3-8H3. The van der Waals surface area contributed by atoms with Crippen molar-refractivity contribution in [1.82, 2.24) is 0 Å². The van der Waals surface area contributed by atoms with Crippen molar-refractivity contribution in [3.05, 3.63) is 156 Å². The van der Waals surface area contributed by atoms with Crippen molar-refractivity contribution >= 4 is 34.1 Å². The van der Waals surface area contributed by atoms with Crippen LogP contribution in [0, 0.1) is 0 Å². The first-order valence-corrected chi connectivity index (χ1v) is 18.9. The van der Waals surface area contributed by atoms with E-state index in [0.29, 0.717) is 34.1 Å². The monoisotopic (exact) mass is 746 g/mol. The molecule has 0 N–H and O–H groups in total. The van der Waals surface area contributed by atoms with Crippen molar-refractivity contribution in [3.8, 4) is 34.1 Å². The first-order chi connectivity index (χ1) is 26.9. The maximum Gasteiger partial charge on any atom is 0.153 e. The summed E-state index contributed by atoms with van der Waals surface area (Å²) in [4.78, 5) is 24.8. The summed E-state index contributed by atoms with van der Waals surface area (Å²) in [5.41, 5.74) is 5.73. The molecule has 0 unspecified atom stereocenters. The van der Waals surface area contributed by atoms with Gasteiger partial charge < -0.3 is 18.9 Å². The van der Waals surface area contributed by atoms with Gasteiger partial charge in [-0.05, 0) is 79.9 Å². The number of carbonyl (C=O) groups is 2. The lowest BCUT2D eigenvalue weighted by molar-refractivity contribution is 0.111. The van der Waals surface area contributed by atoms with Gasteiger partial charge >= 0.3 is 0 Å². The Labute approximate surface area is 330 Å². The minimum absolute atomic E-state index is 0.140. The van der Waals surface area contributed by atoms with Gasteiger partial charge in [0.05, 0.1) is 11.1 Å². The Morgan fingerprint density at radius 2 is 0.911 bits per heavy atom. The zero-order chi connectivity index (χ0) is 40.0. The molecular weight excluding hydrogens is 697 g/mol. The van der Waals surface area contributed by atoms with Crippen LogP contribution in [0.25, 0.3) is 32.7 Å². The van der Waals surface area contributed by atoms with Crippen molar-refractivity contribution in [3.63, 3.8) is 0 Å². The van der Waals surface area contributed by atoms with Crippen LogP contribution in [0.1, 0.15) is 84.5 Å². The van der Waals surface area contributed by atoms with Gasteiger partial charge in [0.2, 0.25) is 0 Å². The molecule has 0 spiro atoms. The molecule has 6 nitrogen and oxygen atoms in total. The summed E-state index contributed by atoms with van der Waals surface area (Å²) in [6.07, 6.45) is 4.99. The van der Waals surface area contributed by atoms with Crippen molar-refractivity contribution in [2.24, 2.45) is 0 Å². The van der Waals surface area contributed by atoms with Crippen molar-refractivity contribution in [2.45, 2.75) is 65.6 Å². The molecule has 0 saturated heterocycles. The van der Waals surface area contributed by atoms with E-state index in [-0.39, 0.29) is 37.3 Å². The Kier molecular flexibility index (Phi) is 11.8. The van der Waals surface area contributed by atoms with Gasteiger partial charge in [-0.1, -0.05) is 128 Å². The van der Waals surface area contributed by atoms with Crippen molar-refractivity contribution in [2.75, 3.05) is 13.2 Å². The molecule has 286 valence electrons. The number of benzene rings is 6. The third-order valence-electron chi connectivity index (χ3n) is 9.86. The maximum atomic E-state index is 12.4. The molecule has 0 atom stereocenters. The quantitative estimate of drug-likeness (QED) is 0.0770. The number of rotatable bonds is 15. The lowest BCUT2D eigenvalue weighted by atomic mass is 9.85. The zero-order valence-electron chi connectivity index (χ0n) is 33.2. The number of hydrogen-bond acceptors (Lipinski definition) is 6. The summed E-state index contributed by atoms with van der Waals surface area (Å²) < 4.78 is 25.9. The smallest absolute Gasteiger partial charge is 0.153 e. The average molecular weight is 747 g/mol. The first-order valence-electron chi connectivity index (χ1n) is 18.9. The predicted octanol–water partition coefficient (Wildman–Crippen LogP) is 12.2. The summed E-state index contributed by atoms with van der Waals surface area (Å²) in [7, 11) is 0. The second kappa shape index (κ2) is 16.7. The molecule has 56 heavy (non-hydrogen) atoms. The SMILES string of the molecule is C=CCOc1c(C=O)cc(C(C)(C)C)cc1COc1ccc2ccccc2c1-c1c(OCc2cc(C(C)(C)C)cc(C=O)c2OCC=C)ccc2ccccc12. The molecule has 0 radical (unpaired) electrons. The van der Waals surface area contributed by atoms with E-state index < -0.39 is 0 Å². The van der Waals surface area contributed by atoms with Crippen LogP contribution in [0.5, 0.6) is 23.0 Å². The molecule has 0 bridgehead atoms. The van der Waals surface area contributed by atoms with E-state index in [0.717, 1.165) is 67.5 Å². The predicted molar refractivity (Wildman–Crippen MR) is 228 cm³/mol. The molecule has 0 aliphatic carbocycles. The molecule has 0 saturated carbocycles. The van der Waals surface area contributed by atoms with Crippen LogP contribution in [-0.4, -0.2) is 25.8 Å². The number of ether oxygens (including phenoxy) is 4. The molecular formula is C50H50O6. The van der Waals surface area contributed by atoms with E-state index in [1.165, 1.54) is 0 Å². The Morgan fingerprint density at radius 3 is 1.27 bits per heavy atom. The van der Waals surface area contributed by atoms with E-state index >= 15 is 0 Å². The van der Waals surface area contributed by atoms with Gasteiger partial charge in [-0.3, -0.25) is 9.59 Å². The minimum atomic E-state index is -0.220. The molecule has 0 aliphatic rings. The van der Waals surface area contributed by atoms with Gasteiger partial charge in [0.1, 0.15) is 49.4 Å². The normalized spacial score (nSPS) is 11.6. The largest absolute Gasteiger partial charge is 0.488 e. The zero-order valence-corrected chi connectivity index (χ0v) is 33.2. The lowest BCUT2D eigenvalue weighted by Gasteiger charge is -2.24. The summed E-state index contributed by atoms with van der Waals surface area (Å²) in [6, 6.07) is 32.4. The van der Waals surface area contributed by atoms with E-state index in [2.05, 4.69) is 103 Å². The summed E-state index contributed by atoms with van der Waals surface area (Å²) in [6.45, 7) is 21.1. The number of hydrogen-bond donors (Lipinski definition) is 0. The van der Waals surface area contributed by atoms with Crippen molar-refractivity contribution in [1.29, 1.82) is 0 Å². The summed E-state index contributed by atoms with van der Waals surface area (Å²) in [5, 5.41) is 4.05. The second-order valence-corrected chi connectivity index (χ2v) is 15.9. The van der Waals surface area contributed by atoms with Gasteiger partial charge in [-0.2, -0.15) is 0 Å². The molecule has 0 fully saturated rings. The minimum Gasteiger partial charge on any atom is -0.488 e. The van der Waals surface area contributed by atoms with E-state index in [4.69, 9.17) is 18.9 Å². The number of carbonyl (C=O) groups excluding carboxylic acids is 2. The van der Waals surface area contributed by atoms with Crippen LogP contribution < -0.4 is 18.9 Å². The average Bonchev–Trinajstić information content (AvgIpc) is 3.19. The third kappa shape index (κ3) is 8.40. The van der Waals surface area contributed by atoms with Gasteiger partial charge in [-0.15, -0.1) is 0 Å². The fourth-order valence-corrected chi connectivity index (χ4v) is 6.89. The topological polar surface area (TPSA) is 71.1 Å². The van der Waals surface area contributed by atoms with Gasteiger partial charge in [0.15, 0.2) is 12.6 Å². The molecule has 6 aromatic rings. The van der Waals surface area contributed by atoms with E-state index in [9.17, 15) is 9.59 Å².